The first-order chi connectivity index (χ1) is 11.2. The van der Waals surface area contributed by atoms with Crippen molar-refractivity contribution in [2.24, 2.45) is 0 Å². The molecule has 120 valence electrons. The molecule has 0 aromatic carbocycles. The van der Waals surface area contributed by atoms with Crippen molar-refractivity contribution in [1.29, 1.82) is 0 Å². The first kappa shape index (κ1) is 15.3. The number of anilines is 1. The maximum absolute atomic E-state index is 12.1. The smallest absolute Gasteiger partial charge is 0.322 e. The van der Waals surface area contributed by atoms with Crippen LogP contribution in [0.1, 0.15) is 4.88 Å². The molecule has 0 saturated carbocycles. The summed E-state index contributed by atoms with van der Waals surface area (Å²) in [5, 5.41) is 11.2. The molecule has 0 radical (unpaired) electrons. The van der Waals surface area contributed by atoms with E-state index in [1.807, 2.05) is 23.6 Å². The van der Waals surface area contributed by atoms with E-state index in [9.17, 15) is 9.59 Å². The minimum Gasteiger partial charge on any atom is -0.336 e. The van der Waals surface area contributed by atoms with Gasteiger partial charge in [0.2, 0.25) is 5.91 Å². The molecule has 0 atom stereocenters. The van der Waals surface area contributed by atoms with Crippen LogP contribution >= 0.6 is 11.3 Å². The number of aromatic nitrogens is 2. The van der Waals surface area contributed by atoms with Crippen molar-refractivity contribution < 1.29 is 9.59 Å². The molecule has 3 heterocycles. The zero-order valence-corrected chi connectivity index (χ0v) is 13.3. The molecule has 2 aromatic heterocycles. The van der Waals surface area contributed by atoms with E-state index >= 15 is 0 Å². The third-order valence-corrected chi connectivity index (χ3v) is 4.40. The van der Waals surface area contributed by atoms with E-state index in [-0.39, 0.29) is 11.9 Å². The SMILES string of the molecule is O=C(/C=C\c1cccs1)N1CCN(C(=O)Nc2cn[nH]c2)CC1. The van der Waals surface area contributed by atoms with Crippen molar-refractivity contribution in [3.05, 3.63) is 40.9 Å². The molecule has 0 unspecified atom stereocenters. The number of amides is 3. The van der Waals surface area contributed by atoms with Crippen LogP contribution in [0.4, 0.5) is 10.5 Å². The van der Waals surface area contributed by atoms with Gasteiger partial charge in [0, 0.05) is 43.3 Å². The lowest BCUT2D eigenvalue weighted by Crippen LogP contribution is -2.51. The molecule has 0 aliphatic carbocycles. The largest absolute Gasteiger partial charge is 0.336 e. The summed E-state index contributed by atoms with van der Waals surface area (Å²) < 4.78 is 0. The molecule has 8 heteroatoms. The summed E-state index contributed by atoms with van der Waals surface area (Å²) in [6, 6.07) is 3.74. The van der Waals surface area contributed by atoms with Crippen LogP contribution < -0.4 is 5.32 Å². The molecule has 2 N–H and O–H groups in total. The number of aromatic amines is 1. The Balaban J connectivity index is 1.48. The molecule has 3 amide bonds. The van der Waals surface area contributed by atoms with E-state index < -0.39 is 0 Å². The van der Waals surface area contributed by atoms with Gasteiger partial charge in [-0.1, -0.05) is 6.07 Å². The Hall–Kier alpha value is -2.61. The Bertz CT molecular complexity index is 673. The fourth-order valence-electron chi connectivity index (χ4n) is 2.30. The highest BCUT2D eigenvalue weighted by Crippen LogP contribution is 2.11. The number of nitrogens with zero attached hydrogens (tertiary/aromatic N) is 3. The molecule has 3 rings (SSSR count). The highest BCUT2D eigenvalue weighted by atomic mass is 32.1. The molecule has 1 aliphatic rings. The summed E-state index contributed by atoms with van der Waals surface area (Å²) in [5.41, 5.74) is 0.632. The van der Waals surface area contributed by atoms with Gasteiger partial charge in [0.1, 0.15) is 0 Å². The molecule has 0 bridgehead atoms. The molecule has 1 fully saturated rings. The van der Waals surface area contributed by atoms with Gasteiger partial charge in [0.15, 0.2) is 0 Å². The highest BCUT2D eigenvalue weighted by Gasteiger charge is 2.23. The zero-order chi connectivity index (χ0) is 16.1. The number of piperazine rings is 1. The molecule has 23 heavy (non-hydrogen) atoms. The monoisotopic (exact) mass is 331 g/mol. The molecule has 0 spiro atoms. The van der Waals surface area contributed by atoms with Gasteiger partial charge in [-0.25, -0.2) is 4.79 Å². The summed E-state index contributed by atoms with van der Waals surface area (Å²) in [6.07, 6.45) is 6.58. The molecule has 1 aliphatic heterocycles. The van der Waals surface area contributed by atoms with Crippen molar-refractivity contribution in [2.45, 2.75) is 0 Å². The van der Waals surface area contributed by atoms with Crippen LogP contribution in [0, 0.1) is 0 Å². The van der Waals surface area contributed by atoms with Gasteiger partial charge < -0.3 is 15.1 Å². The number of thiophene rings is 1. The van der Waals surface area contributed by atoms with Gasteiger partial charge in [0.05, 0.1) is 11.9 Å². The minimum atomic E-state index is -0.173. The Kier molecular flexibility index (Phi) is 4.72. The quantitative estimate of drug-likeness (QED) is 0.842. The van der Waals surface area contributed by atoms with Gasteiger partial charge >= 0.3 is 6.03 Å². The fourth-order valence-corrected chi connectivity index (χ4v) is 2.91. The minimum absolute atomic E-state index is 0.0201. The number of nitrogens with one attached hydrogen (secondary N) is 2. The number of carbonyl (C=O) groups is 2. The number of carbonyl (C=O) groups excluding carboxylic acids is 2. The van der Waals surface area contributed by atoms with E-state index in [2.05, 4.69) is 15.5 Å². The number of H-pyrrole nitrogens is 1. The average molecular weight is 331 g/mol. The van der Waals surface area contributed by atoms with Gasteiger partial charge in [-0.15, -0.1) is 11.3 Å². The topological polar surface area (TPSA) is 81.3 Å². The number of hydrogen-bond donors (Lipinski definition) is 2. The summed E-state index contributed by atoms with van der Waals surface area (Å²) in [5.74, 6) is -0.0201. The second kappa shape index (κ2) is 7.10. The van der Waals surface area contributed by atoms with Crippen LogP contribution in [0.2, 0.25) is 0 Å². The standard InChI is InChI=1S/C15H17N5O2S/c21-14(4-3-13-2-1-9-23-13)19-5-7-20(8-6-19)15(22)18-12-10-16-17-11-12/h1-4,9-11H,5-8H2,(H,16,17)(H,18,22)/b4-3-. The highest BCUT2D eigenvalue weighted by molar-refractivity contribution is 7.10. The van der Waals surface area contributed by atoms with Crippen molar-refractivity contribution >= 4 is 35.0 Å². The van der Waals surface area contributed by atoms with E-state index in [0.717, 1.165) is 4.88 Å². The Morgan fingerprint density at radius 3 is 2.70 bits per heavy atom. The fraction of sp³-hybridized carbons (Fsp3) is 0.267. The van der Waals surface area contributed by atoms with Crippen molar-refractivity contribution in [3.63, 3.8) is 0 Å². The van der Waals surface area contributed by atoms with Crippen LogP contribution in [0.25, 0.3) is 6.08 Å². The maximum Gasteiger partial charge on any atom is 0.322 e. The van der Waals surface area contributed by atoms with Gasteiger partial charge in [-0.05, 0) is 17.5 Å². The summed E-state index contributed by atoms with van der Waals surface area (Å²) >= 11 is 1.59. The van der Waals surface area contributed by atoms with Crippen LogP contribution in [-0.4, -0.2) is 58.1 Å². The lowest BCUT2D eigenvalue weighted by molar-refractivity contribution is -0.127. The molecular weight excluding hydrogens is 314 g/mol. The van der Waals surface area contributed by atoms with Gasteiger partial charge in [0.25, 0.3) is 0 Å². The third-order valence-electron chi connectivity index (χ3n) is 3.56. The van der Waals surface area contributed by atoms with Crippen molar-refractivity contribution in [3.8, 4) is 0 Å². The van der Waals surface area contributed by atoms with Crippen LogP contribution in [-0.2, 0) is 4.79 Å². The lowest BCUT2D eigenvalue weighted by atomic mass is 10.3. The number of urea groups is 1. The lowest BCUT2D eigenvalue weighted by Gasteiger charge is -2.34. The summed E-state index contributed by atoms with van der Waals surface area (Å²) in [7, 11) is 0. The normalized spacial score (nSPS) is 15.1. The summed E-state index contributed by atoms with van der Waals surface area (Å²) in [6.45, 7) is 2.10. The van der Waals surface area contributed by atoms with Crippen molar-refractivity contribution in [2.75, 3.05) is 31.5 Å². The van der Waals surface area contributed by atoms with Crippen molar-refractivity contribution in [1.82, 2.24) is 20.0 Å². The molecule has 7 nitrogen and oxygen atoms in total. The Morgan fingerprint density at radius 1 is 1.26 bits per heavy atom. The maximum atomic E-state index is 12.1. The van der Waals surface area contributed by atoms with E-state index in [0.29, 0.717) is 31.9 Å². The van der Waals surface area contributed by atoms with Crippen LogP contribution in [0.15, 0.2) is 36.0 Å². The Labute approximate surface area is 137 Å². The second-order valence-electron chi connectivity index (χ2n) is 5.08. The Morgan fingerprint density at radius 2 is 2.04 bits per heavy atom. The predicted molar refractivity (Wildman–Crippen MR) is 89.1 cm³/mol. The summed E-state index contributed by atoms with van der Waals surface area (Å²) in [4.78, 5) is 28.7. The first-order valence-corrected chi connectivity index (χ1v) is 8.15. The molecule has 1 saturated heterocycles. The number of rotatable bonds is 3. The van der Waals surface area contributed by atoms with Gasteiger partial charge in [-0.3, -0.25) is 9.89 Å². The number of hydrogen-bond acceptors (Lipinski definition) is 4. The van der Waals surface area contributed by atoms with Gasteiger partial charge in [-0.2, -0.15) is 5.10 Å². The van der Waals surface area contributed by atoms with Crippen LogP contribution in [0.3, 0.4) is 0 Å². The zero-order valence-electron chi connectivity index (χ0n) is 12.4. The van der Waals surface area contributed by atoms with E-state index in [4.69, 9.17) is 0 Å². The van der Waals surface area contributed by atoms with E-state index in [1.54, 1.807) is 39.6 Å². The third kappa shape index (κ3) is 3.98. The average Bonchev–Trinajstić information content (AvgIpc) is 3.26. The first-order valence-electron chi connectivity index (χ1n) is 7.27. The predicted octanol–water partition coefficient (Wildman–Crippen LogP) is 1.86. The second-order valence-corrected chi connectivity index (χ2v) is 6.06. The molecular formula is C15H17N5O2S. The van der Waals surface area contributed by atoms with Crippen LogP contribution in [0.5, 0.6) is 0 Å². The molecule has 2 aromatic rings. The van der Waals surface area contributed by atoms with E-state index in [1.165, 1.54) is 0 Å².